The van der Waals surface area contributed by atoms with Crippen LogP contribution in [0.2, 0.25) is 0 Å². The summed E-state index contributed by atoms with van der Waals surface area (Å²) in [6, 6.07) is -0.110. The minimum absolute atomic E-state index is 0.0194. The van der Waals surface area contributed by atoms with Crippen LogP contribution in [0.15, 0.2) is 42.4 Å². The predicted octanol–water partition coefficient (Wildman–Crippen LogP) is 3.33. The summed E-state index contributed by atoms with van der Waals surface area (Å²) in [5.41, 5.74) is -0.492. The van der Waals surface area contributed by atoms with Crippen LogP contribution in [0.1, 0.15) is 33.0 Å². The fourth-order valence-electron chi connectivity index (χ4n) is 2.41. The fourth-order valence-corrected chi connectivity index (χ4v) is 2.41. The molecule has 0 saturated carbocycles. The quantitative estimate of drug-likeness (QED) is 0.927. The van der Waals surface area contributed by atoms with Gasteiger partial charge in [0.15, 0.2) is 11.5 Å². The molecule has 24 heavy (non-hydrogen) atoms. The summed E-state index contributed by atoms with van der Waals surface area (Å²) in [7, 11) is 0. The summed E-state index contributed by atoms with van der Waals surface area (Å²) in [6.45, 7) is -8.51. The van der Waals surface area contributed by atoms with Gasteiger partial charge in [-0.3, -0.25) is 0 Å². The van der Waals surface area contributed by atoms with E-state index < -0.39 is 67.2 Å². The molecular weight excluding hydrogens is 309 g/mol. The third kappa shape index (κ3) is 3.17. The Balaban J connectivity index is 1.81. The number of hydrogen-bond donors (Lipinski definition) is 1. The highest BCUT2D eigenvalue weighted by atomic mass is 19.1. The second-order valence-electron chi connectivity index (χ2n) is 5.13. The molecule has 126 valence electrons. The Kier molecular flexibility index (Phi) is 2.04. The number of rotatable bonds is 4. The molecule has 0 spiro atoms. The highest BCUT2D eigenvalue weighted by molar-refractivity contribution is 5.46. The van der Waals surface area contributed by atoms with Crippen LogP contribution < -0.4 is 19.5 Å². The zero-order valence-electron chi connectivity index (χ0n) is 23.3. The van der Waals surface area contributed by atoms with Crippen LogP contribution in [0.5, 0.6) is 17.2 Å². The van der Waals surface area contributed by atoms with E-state index in [0.717, 1.165) is 6.07 Å². The molecular formula is C19H20FNO3. The van der Waals surface area contributed by atoms with Gasteiger partial charge < -0.3 is 19.5 Å². The van der Waals surface area contributed by atoms with Crippen molar-refractivity contribution in [2.24, 2.45) is 5.89 Å². The van der Waals surface area contributed by atoms with E-state index in [1.165, 1.54) is 12.1 Å². The van der Waals surface area contributed by atoms with Crippen LogP contribution in [-0.2, 0) is 0 Å². The summed E-state index contributed by atoms with van der Waals surface area (Å²) < 4.78 is 119. The van der Waals surface area contributed by atoms with Crippen LogP contribution in [0.3, 0.4) is 0 Å². The van der Waals surface area contributed by atoms with Crippen LogP contribution in [0.4, 0.5) is 4.39 Å². The molecule has 2 aliphatic heterocycles. The van der Waals surface area contributed by atoms with Crippen molar-refractivity contribution >= 4 is 0 Å². The second kappa shape index (κ2) is 6.69. The van der Waals surface area contributed by atoms with Gasteiger partial charge in [-0.25, -0.2) is 4.39 Å². The van der Waals surface area contributed by atoms with E-state index in [2.05, 4.69) is 5.32 Å². The van der Waals surface area contributed by atoms with Crippen molar-refractivity contribution in [2.45, 2.75) is 12.3 Å². The zero-order valence-corrected chi connectivity index (χ0v) is 12.3. The standard InChI is InChI=1S/C19H20FNO3/c20-15-3-1-13(2-4-15)17-7-8-21-10-14(17)11-22-16-5-6-18-19(9-16)24-12-23-18/h1-6,9,14,17,21H,7-8,10-12H2/t14-,17?/m1/s1/i1D,2D,3D,4D,10D2,11D2,12D2,14D. The molecule has 2 aliphatic rings. The lowest BCUT2D eigenvalue weighted by molar-refractivity contribution is 0.173. The molecule has 0 bridgehead atoms. The molecule has 2 atom stereocenters. The van der Waals surface area contributed by atoms with Gasteiger partial charge in [0.1, 0.15) is 14.3 Å². The molecule has 5 heteroatoms. The van der Waals surface area contributed by atoms with Crippen LogP contribution >= 0.6 is 0 Å². The first-order valence-corrected chi connectivity index (χ1v) is 7.24. The molecule has 0 aliphatic carbocycles. The van der Waals surface area contributed by atoms with Gasteiger partial charge in [0.05, 0.1) is 14.8 Å². The smallest absolute Gasteiger partial charge is 0.231 e. The Morgan fingerprint density at radius 2 is 2.17 bits per heavy atom. The molecule has 1 fully saturated rings. The first kappa shape index (κ1) is 7.31. The maximum atomic E-state index is 14.1. The molecule has 2 aromatic rings. The third-order valence-corrected chi connectivity index (χ3v) is 3.59. The summed E-state index contributed by atoms with van der Waals surface area (Å²) in [5, 5.41) is 2.41. The Labute approximate surface area is 156 Å². The Hall–Kier alpha value is -2.27. The lowest BCUT2D eigenvalue weighted by Crippen LogP contribution is -2.38. The molecule has 1 N–H and O–H groups in total. The van der Waals surface area contributed by atoms with E-state index in [1.807, 2.05) is 0 Å². The fraction of sp³-hybridized carbons (Fsp3) is 0.368. The van der Waals surface area contributed by atoms with Crippen molar-refractivity contribution < 1.29 is 33.7 Å². The number of nitrogens with one attached hydrogen (secondary N) is 1. The van der Waals surface area contributed by atoms with Gasteiger partial charge in [-0.05, 0) is 48.7 Å². The van der Waals surface area contributed by atoms with Gasteiger partial charge in [-0.15, -0.1) is 0 Å². The maximum Gasteiger partial charge on any atom is 0.231 e. The predicted molar refractivity (Wildman–Crippen MR) is 88.2 cm³/mol. The number of fused-ring (bicyclic) bond motifs is 1. The SMILES string of the molecule is [2H]c1c([2H])c(C2CCNC([2H])([2H])[C@]2([2H])C([2H])([2H])Oc2ccc3c(c2)OC([2H])([2H])O3)c([2H])c([2H])c1F. The maximum absolute atomic E-state index is 14.1. The van der Waals surface area contributed by atoms with Gasteiger partial charge in [0.25, 0.3) is 0 Å². The Morgan fingerprint density at radius 3 is 3.04 bits per heavy atom. The average Bonchev–Trinajstić information content (AvgIpc) is 3.06. The van der Waals surface area contributed by atoms with Crippen molar-refractivity contribution in [3.05, 3.63) is 53.7 Å². The monoisotopic (exact) mass is 340 g/mol. The van der Waals surface area contributed by atoms with E-state index in [9.17, 15) is 4.39 Å². The summed E-state index contributed by atoms with van der Waals surface area (Å²) in [6.07, 6.45) is -0.171. The molecule has 0 amide bonds. The van der Waals surface area contributed by atoms with Gasteiger partial charge in [0.2, 0.25) is 6.75 Å². The molecule has 1 unspecified atom stereocenters. The van der Waals surface area contributed by atoms with E-state index in [0.29, 0.717) is 0 Å². The van der Waals surface area contributed by atoms with E-state index >= 15 is 0 Å². The molecule has 2 heterocycles. The number of piperidine rings is 1. The van der Waals surface area contributed by atoms with E-state index in [4.69, 9.17) is 29.3 Å². The topological polar surface area (TPSA) is 39.7 Å². The normalized spacial score (nSPS) is 36.9. The molecule has 2 aromatic carbocycles. The number of benzene rings is 2. The largest absolute Gasteiger partial charge is 0.493 e. The average molecular weight is 340 g/mol. The highest BCUT2D eigenvalue weighted by Crippen LogP contribution is 2.36. The Bertz CT molecular complexity index is 1170. The van der Waals surface area contributed by atoms with Gasteiger partial charge in [-0.2, -0.15) is 0 Å². The first-order chi connectivity index (χ1) is 16.0. The number of halogens is 1. The van der Waals surface area contributed by atoms with Crippen molar-refractivity contribution in [3.63, 3.8) is 0 Å². The molecule has 4 rings (SSSR count). The van der Waals surface area contributed by atoms with E-state index in [-0.39, 0.29) is 30.2 Å². The lowest BCUT2D eigenvalue weighted by Gasteiger charge is -2.32. The minimum Gasteiger partial charge on any atom is -0.493 e. The van der Waals surface area contributed by atoms with Gasteiger partial charge >= 0.3 is 0 Å². The molecule has 0 radical (unpaired) electrons. The molecule has 1 saturated heterocycles. The van der Waals surface area contributed by atoms with Crippen molar-refractivity contribution in [1.82, 2.24) is 5.32 Å². The summed E-state index contributed by atoms with van der Waals surface area (Å²) in [4.78, 5) is 0. The number of ether oxygens (including phenoxy) is 3. The number of hydrogen-bond acceptors (Lipinski definition) is 4. The minimum atomic E-state index is -3.17. The first-order valence-electron chi connectivity index (χ1n) is 12.7. The second-order valence-corrected chi connectivity index (χ2v) is 5.13. The van der Waals surface area contributed by atoms with Gasteiger partial charge in [0, 0.05) is 22.6 Å². The van der Waals surface area contributed by atoms with Crippen molar-refractivity contribution in [2.75, 3.05) is 26.3 Å². The van der Waals surface area contributed by atoms with Crippen LogP contribution in [0.25, 0.3) is 0 Å². The molecule has 0 aromatic heterocycles. The molecule has 4 nitrogen and oxygen atoms in total. The van der Waals surface area contributed by atoms with Crippen molar-refractivity contribution in [3.8, 4) is 17.2 Å². The Morgan fingerprint density at radius 1 is 1.33 bits per heavy atom. The summed E-state index contributed by atoms with van der Waals surface area (Å²) in [5.74, 6) is -6.22. The van der Waals surface area contributed by atoms with Crippen LogP contribution in [0, 0.1) is 11.7 Å². The highest BCUT2D eigenvalue weighted by Gasteiger charge is 2.27. The zero-order chi connectivity index (χ0) is 26.1. The van der Waals surface area contributed by atoms with Crippen LogP contribution in [-0.4, -0.2) is 26.3 Å². The summed E-state index contributed by atoms with van der Waals surface area (Å²) >= 11 is 0. The third-order valence-electron chi connectivity index (χ3n) is 3.59. The lowest BCUT2D eigenvalue weighted by atomic mass is 9.81. The van der Waals surface area contributed by atoms with Gasteiger partial charge in [-0.1, -0.05) is 12.1 Å². The van der Waals surface area contributed by atoms with Crippen molar-refractivity contribution in [1.29, 1.82) is 0 Å². The van der Waals surface area contributed by atoms with E-state index in [1.54, 1.807) is 0 Å².